The van der Waals surface area contributed by atoms with Gasteiger partial charge in [0.1, 0.15) is 12.1 Å². The van der Waals surface area contributed by atoms with Crippen LogP contribution in [0.1, 0.15) is 41.5 Å². The number of rotatable bonds is 7. The lowest BCUT2D eigenvalue weighted by Gasteiger charge is -2.11. The van der Waals surface area contributed by atoms with E-state index in [0.717, 1.165) is 40.2 Å². The van der Waals surface area contributed by atoms with Crippen LogP contribution in [0.25, 0.3) is 28.1 Å². The molecular weight excluding hydrogens is 452 g/mol. The van der Waals surface area contributed by atoms with Crippen molar-refractivity contribution in [1.82, 2.24) is 34.5 Å². The molecule has 4 aromatic heterocycles. The van der Waals surface area contributed by atoms with E-state index in [0.29, 0.717) is 28.8 Å². The lowest BCUT2D eigenvalue weighted by atomic mass is 10.0. The van der Waals surface area contributed by atoms with E-state index in [2.05, 4.69) is 25.6 Å². The van der Waals surface area contributed by atoms with Gasteiger partial charge in [0.2, 0.25) is 0 Å². The topological polar surface area (TPSA) is 103 Å². The Morgan fingerprint density at radius 2 is 1.94 bits per heavy atom. The number of hydrogen-bond donors (Lipinski definition) is 1. The molecule has 180 valence electrons. The molecule has 0 radical (unpaired) electrons. The predicted molar refractivity (Wildman–Crippen MR) is 138 cm³/mol. The zero-order chi connectivity index (χ0) is 24.8. The second-order valence-corrected chi connectivity index (χ2v) is 9.39. The quantitative estimate of drug-likeness (QED) is 0.327. The van der Waals surface area contributed by atoms with Crippen LogP contribution < -0.4 is 5.32 Å². The van der Waals surface area contributed by atoms with E-state index in [1.165, 1.54) is 12.8 Å². The maximum Gasteiger partial charge on any atom is 0.161 e. The first-order valence-electron chi connectivity index (χ1n) is 12.1. The van der Waals surface area contributed by atoms with Crippen LogP contribution in [0.4, 0.5) is 11.5 Å². The molecule has 9 heteroatoms. The predicted octanol–water partition coefficient (Wildman–Crippen LogP) is 5.05. The number of imidazole rings is 1. The number of aromatic nitrogens is 7. The molecule has 1 aliphatic carbocycles. The van der Waals surface area contributed by atoms with Gasteiger partial charge in [-0.25, -0.2) is 9.97 Å². The van der Waals surface area contributed by atoms with Crippen LogP contribution in [0, 0.1) is 19.8 Å². The van der Waals surface area contributed by atoms with Crippen molar-refractivity contribution in [2.24, 2.45) is 5.92 Å². The number of nitrogens with zero attached hydrogens (tertiary/aromatic N) is 7. The molecular formula is C27H26N8O. The van der Waals surface area contributed by atoms with Gasteiger partial charge in [-0.3, -0.25) is 14.0 Å². The summed E-state index contributed by atoms with van der Waals surface area (Å²) in [7, 11) is 0. The number of pyridine rings is 1. The summed E-state index contributed by atoms with van der Waals surface area (Å²) in [6.45, 7) is 6.43. The van der Waals surface area contributed by atoms with E-state index >= 15 is 0 Å². The van der Waals surface area contributed by atoms with Crippen molar-refractivity contribution in [3.05, 3.63) is 71.9 Å². The highest BCUT2D eigenvalue weighted by Crippen LogP contribution is 2.33. The number of hydrogen-bond acceptors (Lipinski definition) is 7. The highest BCUT2D eigenvalue weighted by atomic mass is 16.1. The summed E-state index contributed by atoms with van der Waals surface area (Å²) in [4.78, 5) is 22.0. The average molecular weight is 479 g/mol. The number of nitrogens with one attached hydrogen (secondary N) is 1. The summed E-state index contributed by atoms with van der Waals surface area (Å²) in [6.07, 6.45) is 6.09. The summed E-state index contributed by atoms with van der Waals surface area (Å²) in [5.74, 6) is 2.04. The number of anilines is 2. The summed E-state index contributed by atoms with van der Waals surface area (Å²) < 4.78 is 3.97. The Kier molecular flexibility index (Phi) is 5.32. The molecule has 1 aliphatic rings. The number of carbonyl (C=O) groups is 1. The van der Waals surface area contributed by atoms with Gasteiger partial charge in [0, 0.05) is 29.1 Å². The van der Waals surface area contributed by atoms with Gasteiger partial charge in [0.15, 0.2) is 11.6 Å². The van der Waals surface area contributed by atoms with E-state index in [-0.39, 0.29) is 5.78 Å². The number of Topliss-reactive ketones (excluding diaryl/α,β-unsaturated/α-hetero) is 1. The molecule has 6 rings (SSSR count). The van der Waals surface area contributed by atoms with Gasteiger partial charge in [-0.05, 0) is 82.0 Å². The standard InChI is InChI=1S/C27H26N8O/c1-16-4-10-25(33-32-16)30-20-7-9-24-23(12-20)28-15-34(24)26-11-8-21(18(3)36)27(31-26)22-13-29-35(17(22)2)14-19-5-6-19/h4,7-13,15,19H,5-6,14H2,1-3H3,(H,30,33). The normalized spacial score (nSPS) is 13.3. The third-order valence-electron chi connectivity index (χ3n) is 6.61. The fourth-order valence-electron chi connectivity index (χ4n) is 4.37. The number of aryl methyl sites for hydroxylation is 1. The molecule has 0 amide bonds. The molecule has 1 saturated carbocycles. The molecule has 0 saturated heterocycles. The van der Waals surface area contributed by atoms with Crippen LogP contribution in [0.3, 0.4) is 0 Å². The van der Waals surface area contributed by atoms with Crippen LogP contribution >= 0.6 is 0 Å². The lowest BCUT2D eigenvalue weighted by Crippen LogP contribution is -2.06. The minimum Gasteiger partial charge on any atom is -0.339 e. The fourth-order valence-corrected chi connectivity index (χ4v) is 4.37. The monoisotopic (exact) mass is 478 g/mol. The Labute approximate surface area is 208 Å². The summed E-state index contributed by atoms with van der Waals surface area (Å²) in [5, 5.41) is 16.1. The minimum atomic E-state index is -0.0243. The second kappa shape index (κ2) is 8.67. The molecule has 0 unspecified atom stereocenters. The van der Waals surface area contributed by atoms with Crippen molar-refractivity contribution in [3.63, 3.8) is 0 Å². The third-order valence-corrected chi connectivity index (χ3v) is 6.61. The zero-order valence-corrected chi connectivity index (χ0v) is 20.4. The molecule has 1 fully saturated rings. The highest BCUT2D eigenvalue weighted by molar-refractivity contribution is 6.00. The Bertz CT molecular complexity index is 1590. The van der Waals surface area contributed by atoms with Crippen molar-refractivity contribution in [2.75, 3.05) is 5.32 Å². The maximum atomic E-state index is 12.5. The first-order chi connectivity index (χ1) is 17.5. The van der Waals surface area contributed by atoms with Crippen molar-refractivity contribution in [1.29, 1.82) is 0 Å². The largest absolute Gasteiger partial charge is 0.339 e. The van der Waals surface area contributed by atoms with Crippen LogP contribution in [0.5, 0.6) is 0 Å². The van der Waals surface area contributed by atoms with Crippen LogP contribution in [0.2, 0.25) is 0 Å². The van der Waals surface area contributed by atoms with Gasteiger partial charge in [-0.2, -0.15) is 10.2 Å². The van der Waals surface area contributed by atoms with Crippen molar-refractivity contribution < 1.29 is 4.79 Å². The molecule has 1 N–H and O–H groups in total. The van der Waals surface area contributed by atoms with Gasteiger partial charge in [0.25, 0.3) is 0 Å². The maximum absolute atomic E-state index is 12.5. The number of benzene rings is 1. The molecule has 0 spiro atoms. The smallest absolute Gasteiger partial charge is 0.161 e. The van der Waals surface area contributed by atoms with Crippen LogP contribution in [-0.4, -0.2) is 40.3 Å². The van der Waals surface area contributed by atoms with Gasteiger partial charge >= 0.3 is 0 Å². The second-order valence-electron chi connectivity index (χ2n) is 9.39. The molecule has 4 heterocycles. The SMILES string of the molecule is CC(=O)c1ccc(-n2cnc3cc(Nc4ccc(C)nn4)ccc32)nc1-c1cnn(CC2CC2)c1C. The Morgan fingerprint density at radius 3 is 2.69 bits per heavy atom. The Balaban J connectivity index is 1.36. The molecule has 36 heavy (non-hydrogen) atoms. The van der Waals surface area contributed by atoms with E-state index in [1.807, 2.05) is 71.8 Å². The Hall–Kier alpha value is -4.40. The number of carbonyl (C=O) groups excluding carboxylic acids is 1. The highest BCUT2D eigenvalue weighted by Gasteiger charge is 2.24. The molecule has 0 aliphatic heterocycles. The number of fused-ring (bicyclic) bond motifs is 1. The molecule has 0 atom stereocenters. The van der Waals surface area contributed by atoms with E-state index in [9.17, 15) is 4.79 Å². The zero-order valence-electron chi connectivity index (χ0n) is 20.4. The van der Waals surface area contributed by atoms with Crippen molar-refractivity contribution in [2.45, 2.75) is 40.2 Å². The van der Waals surface area contributed by atoms with Gasteiger partial charge in [-0.15, -0.1) is 5.10 Å². The average Bonchev–Trinajstić information content (AvgIpc) is 3.48. The third kappa shape index (κ3) is 4.13. The fraction of sp³-hybridized carbons (Fsp3) is 0.259. The van der Waals surface area contributed by atoms with E-state index in [1.54, 1.807) is 13.3 Å². The first-order valence-corrected chi connectivity index (χ1v) is 12.1. The van der Waals surface area contributed by atoms with Crippen LogP contribution in [0.15, 0.2) is 55.0 Å². The Morgan fingerprint density at radius 1 is 1.08 bits per heavy atom. The summed E-state index contributed by atoms with van der Waals surface area (Å²) in [5.41, 5.74) is 6.60. The summed E-state index contributed by atoms with van der Waals surface area (Å²) in [6, 6.07) is 13.4. The van der Waals surface area contributed by atoms with Crippen molar-refractivity contribution >= 4 is 28.3 Å². The molecule has 9 nitrogen and oxygen atoms in total. The molecule has 0 bridgehead atoms. The first kappa shape index (κ1) is 22.1. The van der Waals surface area contributed by atoms with E-state index < -0.39 is 0 Å². The van der Waals surface area contributed by atoms with Gasteiger partial charge in [-0.1, -0.05) is 0 Å². The van der Waals surface area contributed by atoms with Gasteiger partial charge < -0.3 is 5.32 Å². The lowest BCUT2D eigenvalue weighted by molar-refractivity contribution is 0.101. The van der Waals surface area contributed by atoms with Gasteiger partial charge in [0.05, 0.1) is 28.6 Å². The number of ketones is 1. The minimum absolute atomic E-state index is 0.0243. The van der Waals surface area contributed by atoms with E-state index in [4.69, 9.17) is 4.98 Å². The molecule has 5 aromatic rings. The van der Waals surface area contributed by atoms with Crippen LogP contribution in [-0.2, 0) is 6.54 Å². The molecule has 1 aromatic carbocycles. The summed E-state index contributed by atoms with van der Waals surface area (Å²) >= 11 is 0. The van der Waals surface area contributed by atoms with Crippen molar-refractivity contribution in [3.8, 4) is 17.1 Å².